The Morgan fingerprint density at radius 3 is 2.20 bits per heavy atom. The molecule has 3 rings (SSSR count). The van der Waals surface area contributed by atoms with Crippen LogP contribution in [0.15, 0.2) is 34.7 Å². The van der Waals surface area contributed by atoms with Crippen LogP contribution >= 0.6 is 0 Å². The van der Waals surface area contributed by atoms with Crippen LogP contribution < -0.4 is 20.7 Å². The normalized spacial score (nSPS) is 14.1. The number of carbonyl (C=O) groups excluding carboxylic acids is 5. The number of hydroxylamine groups is 2. The molecule has 0 aliphatic heterocycles. The number of rotatable bonds is 23. The molecule has 1 aliphatic carbocycles. The summed E-state index contributed by atoms with van der Waals surface area (Å²) < 4.78 is 10.8. The molecule has 3 unspecified atom stereocenters. The summed E-state index contributed by atoms with van der Waals surface area (Å²) in [6.45, 7) is 4.74. The van der Waals surface area contributed by atoms with E-state index in [0.717, 1.165) is 24.3 Å². The van der Waals surface area contributed by atoms with Crippen LogP contribution in [0.4, 0.5) is 0 Å². The molecule has 2 aromatic rings. The van der Waals surface area contributed by atoms with Crippen LogP contribution in [0.25, 0.3) is 11.3 Å². The number of hydrogen-bond donors (Lipinski definition) is 6. The van der Waals surface area contributed by atoms with E-state index >= 15 is 0 Å². The van der Waals surface area contributed by atoms with Crippen molar-refractivity contribution >= 4 is 48.4 Å². The van der Waals surface area contributed by atoms with Gasteiger partial charge in [-0.25, -0.2) is 9.59 Å². The zero-order valence-corrected chi connectivity index (χ0v) is 30.6. The SMILES string of the molecule is CCCCCC(C(=O)NCNC(=O)c1ccc(-c2ccc(C=O)c(OCC(=O)O)c2)o1)C(CC)N(C=O)OC(=O)C1(C)CC1.CNC(CC(=O)O)C(=O)O. The van der Waals surface area contributed by atoms with Crippen molar-refractivity contribution in [2.24, 2.45) is 11.3 Å². The molecule has 0 radical (unpaired) electrons. The number of aliphatic carboxylic acids is 3. The second-order valence-electron chi connectivity index (χ2n) is 12.7. The number of likely N-dealkylation sites (N-methyl/N-ethyl adjacent to an activating group) is 1. The third-order valence-electron chi connectivity index (χ3n) is 8.59. The molecule has 18 heteroatoms. The van der Waals surface area contributed by atoms with Gasteiger partial charge in [0, 0.05) is 5.56 Å². The van der Waals surface area contributed by atoms with Crippen LogP contribution in [0.2, 0.25) is 0 Å². The molecule has 3 atom stereocenters. The number of hydrogen-bond acceptors (Lipinski definition) is 12. The topological polar surface area (TPSA) is 268 Å². The summed E-state index contributed by atoms with van der Waals surface area (Å²) in [5.41, 5.74) is -0.00887. The van der Waals surface area contributed by atoms with Gasteiger partial charge in [-0.15, -0.1) is 0 Å². The fraction of sp³-hybridized carbons (Fsp3) is 0.500. The third kappa shape index (κ3) is 13.6. The highest BCUT2D eigenvalue weighted by atomic mass is 16.7. The molecule has 0 spiro atoms. The lowest BCUT2D eigenvalue weighted by Gasteiger charge is -2.32. The first-order chi connectivity index (χ1) is 25.6. The number of unbranched alkanes of at least 4 members (excludes halogenated alkanes) is 2. The van der Waals surface area contributed by atoms with Crippen molar-refractivity contribution in [3.63, 3.8) is 0 Å². The van der Waals surface area contributed by atoms with E-state index in [1.807, 2.05) is 6.92 Å². The average Bonchev–Trinajstić information content (AvgIpc) is 3.70. The standard InChI is InChI=1S/C31H39N3O10.C5H9NO4/c1-4-6-7-8-22(23(5-2)34(19-36)44-30(41)31(3)13-14-31)28(39)32-18-33-29(40)25-12-11-24(43-25)20-9-10-21(16-35)26(15-20)42-17-27(37)38;1-6-3(5(9)10)2-4(7)8/h9-12,15-16,19,22-23H,4-8,13-14,17-18H2,1-3H3,(H,32,39)(H,33,40)(H,37,38);3,6H,2H2,1H3,(H,7,8)(H,9,10). The Morgan fingerprint density at radius 1 is 0.981 bits per heavy atom. The van der Waals surface area contributed by atoms with E-state index in [9.17, 15) is 38.4 Å². The summed E-state index contributed by atoms with van der Waals surface area (Å²) in [5.74, 6) is -5.42. The van der Waals surface area contributed by atoms with E-state index in [4.69, 9.17) is 29.3 Å². The molecule has 54 heavy (non-hydrogen) atoms. The zero-order chi connectivity index (χ0) is 40.4. The Morgan fingerprint density at radius 2 is 1.69 bits per heavy atom. The Bertz CT molecular complexity index is 1640. The number of nitrogens with zero attached hydrogens (tertiary/aromatic N) is 1. The van der Waals surface area contributed by atoms with Crippen molar-refractivity contribution < 1.29 is 67.7 Å². The van der Waals surface area contributed by atoms with Gasteiger partial charge in [-0.2, -0.15) is 5.06 Å². The van der Waals surface area contributed by atoms with Crippen LogP contribution in [0.1, 0.15) is 93.1 Å². The van der Waals surface area contributed by atoms with Gasteiger partial charge in [-0.3, -0.25) is 28.8 Å². The Balaban J connectivity index is 0.000000881. The lowest BCUT2D eigenvalue weighted by molar-refractivity contribution is -0.208. The van der Waals surface area contributed by atoms with Crippen molar-refractivity contribution in [2.75, 3.05) is 20.3 Å². The van der Waals surface area contributed by atoms with Crippen LogP contribution in [0.5, 0.6) is 5.75 Å². The number of ether oxygens (including phenoxy) is 1. The van der Waals surface area contributed by atoms with E-state index in [-0.39, 0.29) is 29.5 Å². The summed E-state index contributed by atoms with van der Waals surface area (Å²) in [7, 11) is 1.40. The fourth-order valence-corrected chi connectivity index (χ4v) is 5.10. The number of benzene rings is 1. The number of aldehydes is 1. The summed E-state index contributed by atoms with van der Waals surface area (Å²) in [5, 5.41) is 33.9. The molecular weight excluding hydrogens is 712 g/mol. The minimum Gasteiger partial charge on any atom is -0.481 e. The minimum atomic E-state index is -1.21. The molecule has 18 nitrogen and oxygen atoms in total. The molecular formula is C36H48N4O14. The monoisotopic (exact) mass is 760 g/mol. The van der Waals surface area contributed by atoms with Gasteiger partial charge in [-0.05, 0) is 63.9 Å². The second-order valence-corrected chi connectivity index (χ2v) is 12.7. The highest BCUT2D eigenvalue weighted by Gasteiger charge is 2.48. The van der Waals surface area contributed by atoms with Gasteiger partial charge in [0.25, 0.3) is 5.91 Å². The number of furan rings is 1. The smallest absolute Gasteiger partial charge is 0.341 e. The summed E-state index contributed by atoms with van der Waals surface area (Å²) in [4.78, 5) is 98.2. The van der Waals surface area contributed by atoms with E-state index in [1.165, 1.54) is 31.3 Å². The maximum atomic E-state index is 13.3. The van der Waals surface area contributed by atoms with E-state index in [1.54, 1.807) is 19.9 Å². The highest BCUT2D eigenvalue weighted by molar-refractivity contribution is 5.92. The number of nitrogens with one attached hydrogen (secondary N) is 3. The Labute approximate surface area is 311 Å². The van der Waals surface area contributed by atoms with Crippen molar-refractivity contribution in [2.45, 2.75) is 84.2 Å². The molecule has 1 saturated carbocycles. The van der Waals surface area contributed by atoms with Crippen molar-refractivity contribution in [1.82, 2.24) is 21.0 Å². The number of carboxylic acids is 3. The zero-order valence-electron chi connectivity index (χ0n) is 30.6. The van der Waals surface area contributed by atoms with Crippen LogP contribution in [-0.4, -0.2) is 101 Å². The van der Waals surface area contributed by atoms with Gasteiger partial charge in [0.15, 0.2) is 18.7 Å². The quantitative estimate of drug-likeness (QED) is 0.0411. The van der Waals surface area contributed by atoms with E-state index in [2.05, 4.69) is 16.0 Å². The lowest BCUT2D eigenvalue weighted by Crippen LogP contribution is -2.49. The average molecular weight is 761 g/mol. The highest BCUT2D eigenvalue weighted by Crippen LogP contribution is 2.46. The minimum absolute atomic E-state index is 0.0496. The first kappa shape index (κ1) is 44.4. The molecule has 1 fully saturated rings. The molecule has 1 aromatic heterocycles. The van der Waals surface area contributed by atoms with Gasteiger partial charge in [0.2, 0.25) is 12.3 Å². The van der Waals surface area contributed by atoms with Crippen molar-refractivity contribution in [1.29, 1.82) is 0 Å². The maximum absolute atomic E-state index is 13.3. The van der Waals surface area contributed by atoms with Gasteiger partial charge in [0.1, 0.15) is 17.6 Å². The maximum Gasteiger partial charge on any atom is 0.341 e. The predicted octanol–water partition coefficient (Wildman–Crippen LogP) is 2.85. The summed E-state index contributed by atoms with van der Waals surface area (Å²) in [6, 6.07) is 5.71. The lowest BCUT2D eigenvalue weighted by atomic mass is 9.90. The predicted molar refractivity (Wildman–Crippen MR) is 189 cm³/mol. The third-order valence-corrected chi connectivity index (χ3v) is 8.59. The number of amides is 3. The van der Waals surface area contributed by atoms with Crippen LogP contribution in [0.3, 0.4) is 0 Å². The first-order valence-electron chi connectivity index (χ1n) is 17.3. The first-order valence-corrected chi connectivity index (χ1v) is 17.3. The number of carboxylic acid groups (broad SMARTS) is 3. The second kappa shape index (κ2) is 21.7. The molecule has 1 aliphatic rings. The van der Waals surface area contributed by atoms with Gasteiger partial charge in [0.05, 0.1) is 36.0 Å². The molecule has 1 heterocycles. The molecule has 1 aromatic carbocycles. The van der Waals surface area contributed by atoms with Crippen molar-refractivity contribution in [3.05, 3.63) is 41.7 Å². The van der Waals surface area contributed by atoms with Gasteiger partial charge < -0.3 is 45.3 Å². The molecule has 6 N–H and O–H groups in total. The molecule has 3 amide bonds. The molecule has 0 saturated heterocycles. The Kier molecular flexibility index (Phi) is 17.8. The Hall–Kier alpha value is -5.78. The van der Waals surface area contributed by atoms with Crippen molar-refractivity contribution in [3.8, 4) is 17.1 Å². The summed E-state index contributed by atoms with van der Waals surface area (Å²) in [6.07, 6.45) is 5.28. The van der Waals surface area contributed by atoms with Crippen LogP contribution in [0, 0.1) is 11.3 Å². The molecule has 296 valence electrons. The van der Waals surface area contributed by atoms with Gasteiger partial charge >= 0.3 is 23.9 Å². The van der Waals surface area contributed by atoms with E-state index < -0.39 is 72.1 Å². The largest absolute Gasteiger partial charge is 0.481 e. The van der Waals surface area contributed by atoms with Gasteiger partial charge in [-0.1, -0.05) is 39.2 Å². The fourth-order valence-electron chi connectivity index (χ4n) is 5.10. The van der Waals surface area contributed by atoms with E-state index in [0.29, 0.717) is 43.9 Å². The number of carbonyl (C=O) groups is 8. The summed E-state index contributed by atoms with van der Waals surface area (Å²) >= 11 is 0. The molecule has 0 bridgehead atoms. The van der Waals surface area contributed by atoms with Crippen LogP contribution in [-0.2, 0) is 33.6 Å².